The Labute approximate surface area is 159 Å². The normalized spacial score (nSPS) is 13.4. The predicted molar refractivity (Wildman–Crippen MR) is 99.3 cm³/mol. The van der Waals surface area contributed by atoms with Crippen LogP contribution in [0, 0.1) is 0 Å². The number of ether oxygens (including phenoxy) is 1. The van der Waals surface area contributed by atoms with Crippen LogP contribution < -0.4 is 10.6 Å². The van der Waals surface area contributed by atoms with Crippen molar-refractivity contribution in [3.8, 4) is 0 Å². The van der Waals surface area contributed by atoms with E-state index in [0.29, 0.717) is 5.69 Å². The highest BCUT2D eigenvalue weighted by molar-refractivity contribution is 7.80. The van der Waals surface area contributed by atoms with Crippen LogP contribution in [-0.2, 0) is 15.1 Å². The van der Waals surface area contributed by atoms with Gasteiger partial charge in [0.25, 0.3) is 5.60 Å². The lowest BCUT2D eigenvalue weighted by molar-refractivity contribution is -0.267. The molecule has 1 atom stereocenters. The van der Waals surface area contributed by atoms with Crippen molar-refractivity contribution >= 4 is 34.7 Å². The van der Waals surface area contributed by atoms with Crippen molar-refractivity contribution in [2.24, 2.45) is 0 Å². The lowest BCUT2D eigenvalue weighted by atomic mass is 9.93. The minimum atomic E-state index is -5.24. The third-order valence-electron chi connectivity index (χ3n) is 3.57. The second-order valence-corrected chi connectivity index (χ2v) is 5.86. The maximum atomic E-state index is 13.3. The molecule has 0 fully saturated rings. The molecular formula is C18H17F3N2O3S. The molecule has 0 aliphatic carbocycles. The zero-order valence-corrected chi connectivity index (χ0v) is 15.0. The molecule has 0 aliphatic rings. The second kappa shape index (κ2) is 8.36. The van der Waals surface area contributed by atoms with Gasteiger partial charge in [-0.2, -0.15) is 13.2 Å². The molecule has 2 aromatic carbocycles. The first kappa shape index (κ1) is 20.7. The number of carbonyl (C=O) groups is 1. The van der Waals surface area contributed by atoms with Crippen molar-refractivity contribution in [2.75, 3.05) is 17.2 Å². The van der Waals surface area contributed by atoms with Gasteiger partial charge in [0.2, 0.25) is 0 Å². The van der Waals surface area contributed by atoms with Gasteiger partial charge in [-0.25, -0.2) is 4.79 Å². The summed E-state index contributed by atoms with van der Waals surface area (Å²) >= 11 is 5.13. The third-order valence-corrected chi connectivity index (χ3v) is 3.78. The zero-order chi connectivity index (χ0) is 20.1. The van der Waals surface area contributed by atoms with Gasteiger partial charge in [0.15, 0.2) is 5.11 Å². The third kappa shape index (κ3) is 4.75. The number of para-hydroxylation sites is 1. The molecule has 0 heterocycles. The van der Waals surface area contributed by atoms with Crippen LogP contribution in [0.2, 0.25) is 0 Å². The van der Waals surface area contributed by atoms with E-state index >= 15 is 0 Å². The lowest BCUT2D eigenvalue weighted by Crippen LogP contribution is -2.50. The van der Waals surface area contributed by atoms with Gasteiger partial charge in [0, 0.05) is 16.9 Å². The predicted octanol–water partition coefficient (Wildman–Crippen LogP) is 3.81. The minimum absolute atomic E-state index is 0.227. The van der Waals surface area contributed by atoms with Gasteiger partial charge in [-0.15, -0.1) is 0 Å². The van der Waals surface area contributed by atoms with Crippen LogP contribution >= 0.6 is 12.2 Å². The van der Waals surface area contributed by atoms with Gasteiger partial charge in [-0.3, -0.25) is 0 Å². The largest absolute Gasteiger partial charge is 0.463 e. The molecule has 0 saturated carbocycles. The Balaban J connectivity index is 2.17. The smallest absolute Gasteiger partial charge is 0.432 e. The molecule has 2 rings (SSSR count). The van der Waals surface area contributed by atoms with Crippen LogP contribution in [0.3, 0.4) is 0 Å². The number of alkyl halides is 3. The summed E-state index contributed by atoms with van der Waals surface area (Å²) in [5, 5.41) is 16.0. The fraction of sp³-hybridized carbons (Fsp3) is 0.222. The Morgan fingerprint density at radius 2 is 1.56 bits per heavy atom. The first-order chi connectivity index (χ1) is 12.7. The quantitative estimate of drug-likeness (QED) is 0.526. The standard InChI is InChI=1S/C18H17F3N2O3S/c1-2-26-15(24)17(25,18(19,20)21)12-8-10-14(11-9-12)23-16(27)22-13-6-4-3-5-7-13/h3-11,25H,2H2,1H3,(H2,22,23,27)/t17-/m1/s1. The Bertz CT molecular complexity index is 798. The number of esters is 1. The Morgan fingerprint density at radius 1 is 1.04 bits per heavy atom. The second-order valence-electron chi connectivity index (χ2n) is 5.45. The van der Waals surface area contributed by atoms with Crippen LogP contribution in [0.15, 0.2) is 54.6 Å². The van der Waals surface area contributed by atoms with Crippen LogP contribution in [0.4, 0.5) is 24.5 Å². The van der Waals surface area contributed by atoms with Crippen LogP contribution in [0.25, 0.3) is 0 Å². The lowest BCUT2D eigenvalue weighted by Gasteiger charge is -2.28. The number of benzene rings is 2. The molecule has 0 aliphatic heterocycles. The van der Waals surface area contributed by atoms with Crippen LogP contribution in [-0.4, -0.2) is 29.0 Å². The van der Waals surface area contributed by atoms with E-state index in [-0.39, 0.29) is 11.7 Å². The molecule has 27 heavy (non-hydrogen) atoms. The van der Waals surface area contributed by atoms with E-state index < -0.39 is 23.3 Å². The summed E-state index contributed by atoms with van der Waals surface area (Å²) in [5.41, 5.74) is -3.29. The summed E-state index contributed by atoms with van der Waals surface area (Å²) in [6.45, 7) is 1.05. The molecule has 0 amide bonds. The number of nitrogens with one attached hydrogen (secondary N) is 2. The van der Waals surface area contributed by atoms with Crippen molar-refractivity contribution in [3.05, 3.63) is 60.2 Å². The highest BCUT2D eigenvalue weighted by atomic mass is 32.1. The molecule has 5 nitrogen and oxygen atoms in total. The topological polar surface area (TPSA) is 70.6 Å². The van der Waals surface area contributed by atoms with E-state index in [1.165, 1.54) is 19.1 Å². The molecule has 0 unspecified atom stereocenters. The van der Waals surface area contributed by atoms with E-state index in [2.05, 4.69) is 15.4 Å². The van der Waals surface area contributed by atoms with E-state index in [1.54, 1.807) is 12.1 Å². The summed E-state index contributed by atoms with van der Waals surface area (Å²) < 4.78 is 44.4. The number of carbonyl (C=O) groups excluding carboxylic acids is 1. The fourth-order valence-electron chi connectivity index (χ4n) is 2.24. The molecule has 0 radical (unpaired) electrons. The first-order valence-corrected chi connectivity index (χ1v) is 8.29. The summed E-state index contributed by atoms with van der Waals surface area (Å²) in [4.78, 5) is 11.7. The first-order valence-electron chi connectivity index (χ1n) is 7.88. The molecular weight excluding hydrogens is 381 g/mol. The monoisotopic (exact) mass is 398 g/mol. The Morgan fingerprint density at radius 3 is 2.04 bits per heavy atom. The average molecular weight is 398 g/mol. The molecule has 0 spiro atoms. The van der Waals surface area contributed by atoms with Crippen molar-refractivity contribution < 1.29 is 27.8 Å². The summed E-state index contributed by atoms with van der Waals surface area (Å²) in [7, 11) is 0. The van der Waals surface area contributed by atoms with Crippen molar-refractivity contribution in [1.82, 2.24) is 0 Å². The molecule has 2 aromatic rings. The highest BCUT2D eigenvalue weighted by Gasteiger charge is 2.62. The molecule has 0 saturated heterocycles. The number of hydrogen-bond acceptors (Lipinski definition) is 4. The van der Waals surface area contributed by atoms with Gasteiger partial charge >= 0.3 is 12.1 Å². The zero-order valence-electron chi connectivity index (χ0n) is 14.2. The van der Waals surface area contributed by atoms with Crippen molar-refractivity contribution in [1.29, 1.82) is 0 Å². The number of aliphatic hydroxyl groups is 1. The van der Waals surface area contributed by atoms with E-state index in [0.717, 1.165) is 17.8 Å². The average Bonchev–Trinajstić information content (AvgIpc) is 2.61. The summed E-state index contributed by atoms with van der Waals surface area (Å²) in [6, 6.07) is 13.6. The highest BCUT2D eigenvalue weighted by Crippen LogP contribution is 2.40. The maximum absolute atomic E-state index is 13.3. The summed E-state index contributed by atoms with van der Waals surface area (Å²) in [6.07, 6.45) is -5.24. The molecule has 144 valence electrons. The van der Waals surface area contributed by atoms with Gasteiger partial charge in [0.1, 0.15) is 0 Å². The molecule has 0 aromatic heterocycles. The number of halogens is 3. The van der Waals surface area contributed by atoms with Gasteiger partial charge in [-0.05, 0) is 43.4 Å². The van der Waals surface area contributed by atoms with E-state index in [4.69, 9.17) is 12.2 Å². The van der Waals surface area contributed by atoms with E-state index in [9.17, 15) is 23.1 Å². The Hall–Kier alpha value is -2.65. The van der Waals surface area contributed by atoms with Crippen LogP contribution in [0.1, 0.15) is 12.5 Å². The van der Waals surface area contributed by atoms with Crippen LogP contribution in [0.5, 0.6) is 0 Å². The molecule has 9 heteroatoms. The minimum Gasteiger partial charge on any atom is -0.463 e. The molecule has 3 N–H and O–H groups in total. The van der Waals surface area contributed by atoms with Crippen molar-refractivity contribution in [2.45, 2.75) is 18.7 Å². The van der Waals surface area contributed by atoms with E-state index in [1.807, 2.05) is 18.2 Å². The molecule has 0 bridgehead atoms. The SMILES string of the molecule is CCOC(=O)[C@](O)(c1ccc(NC(=S)Nc2ccccc2)cc1)C(F)(F)F. The van der Waals surface area contributed by atoms with Gasteiger partial charge in [-0.1, -0.05) is 30.3 Å². The van der Waals surface area contributed by atoms with Gasteiger partial charge in [0.05, 0.1) is 6.61 Å². The number of rotatable bonds is 5. The number of thiocarbonyl (C=S) groups is 1. The Kier molecular flexibility index (Phi) is 6.40. The number of hydrogen-bond donors (Lipinski definition) is 3. The fourth-order valence-corrected chi connectivity index (χ4v) is 2.48. The number of anilines is 2. The maximum Gasteiger partial charge on any atom is 0.432 e. The van der Waals surface area contributed by atoms with Gasteiger partial charge < -0.3 is 20.5 Å². The van der Waals surface area contributed by atoms with Crippen molar-refractivity contribution in [3.63, 3.8) is 0 Å². The summed E-state index contributed by atoms with van der Waals surface area (Å²) in [5.74, 6) is -1.78.